The molecule has 1 aliphatic heterocycles. The predicted molar refractivity (Wildman–Crippen MR) is 108 cm³/mol. The Kier molecular flexibility index (Phi) is 5.55. The average molecular weight is 392 g/mol. The van der Waals surface area contributed by atoms with Gasteiger partial charge in [-0.15, -0.1) is 0 Å². The topological polar surface area (TPSA) is 93.1 Å². The summed E-state index contributed by atoms with van der Waals surface area (Å²) >= 11 is 0. The van der Waals surface area contributed by atoms with Crippen LogP contribution in [0.25, 0.3) is 0 Å². The van der Waals surface area contributed by atoms with Gasteiger partial charge in [-0.25, -0.2) is 15.5 Å². The van der Waals surface area contributed by atoms with E-state index in [0.29, 0.717) is 5.69 Å². The quantitative estimate of drug-likeness (QED) is 0.596. The number of hydrogen-bond acceptors (Lipinski definition) is 6. The van der Waals surface area contributed by atoms with Gasteiger partial charge < -0.3 is 10.1 Å². The van der Waals surface area contributed by atoms with Gasteiger partial charge in [-0.2, -0.15) is 5.10 Å². The van der Waals surface area contributed by atoms with Crippen LogP contribution >= 0.6 is 0 Å². The van der Waals surface area contributed by atoms with Gasteiger partial charge in [-0.1, -0.05) is 17.7 Å². The highest BCUT2D eigenvalue weighted by Crippen LogP contribution is 2.21. The van der Waals surface area contributed by atoms with Crippen LogP contribution in [0.2, 0.25) is 0 Å². The highest BCUT2D eigenvalue weighted by molar-refractivity contribution is 5.92. The maximum absolute atomic E-state index is 12.5. The van der Waals surface area contributed by atoms with Gasteiger partial charge in [0.2, 0.25) is 0 Å². The number of carbonyl (C=O) groups is 1. The molecule has 0 aliphatic carbocycles. The third kappa shape index (κ3) is 4.61. The molecule has 1 aliphatic rings. The Morgan fingerprint density at radius 2 is 2.03 bits per heavy atom. The fourth-order valence-corrected chi connectivity index (χ4v) is 3.35. The summed E-state index contributed by atoms with van der Waals surface area (Å²) in [4.78, 5) is 16.5. The van der Waals surface area contributed by atoms with Crippen molar-refractivity contribution in [2.24, 2.45) is 0 Å². The van der Waals surface area contributed by atoms with Crippen LogP contribution in [0.3, 0.4) is 0 Å². The summed E-state index contributed by atoms with van der Waals surface area (Å²) in [7, 11) is 0. The molecule has 2 unspecified atom stereocenters. The molecule has 3 aromatic rings. The van der Waals surface area contributed by atoms with Gasteiger partial charge in [0, 0.05) is 31.1 Å². The second-order valence-electron chi connectivity index (χ2n) is 7.17. The van der Waals surface area contributed by atoms with Gasteiger partial charge in [0.15, 0.2) is 6.73 Å². The van der Waals surface area contributed by atoms with Crippen molar-refractivity contribution in [2.75, 3.05) is 0 Å². The lowest BCUT2D eigenvalue weighted by atomic mass is 10.1. The van der Waals surface area contributed by atoms with Gasteiger partial charge in [0.05, 0.1) is 6.17 Å². The molecule has 8 heteroatoms. The van der Waals surface area contributed by atoms with E-state index in [1.807, 2.05) is 38.1 Å². The number of amides is 1. The number of benzene rings is 1. The Morgan fingerprint density at radius 1 is 1.21 bits per heavy atom. The van der Waals surface area contributed by atoms with Gasteiger partial charge in [0.25, 0.3) is 5.91 Å². The van der Waals surface area contributed by atoms with Crippen molar-refractivity contribution in [1.82, 2.24) is 30.9 Å². The molecule has 1 fully saturated rings. The van der Waals surface area contributed by atoms with E-state index in [0.717, 1.165) is 23.3 Å². The number of pyridine rings is 1. The Labute approximate surface area is 169 Å². The first kappa shape index (κ1) is 19.1. The predicted octanol–water partition coefficient (Wildman–Crippen LogP) is 2.23. The molecule has 2 atom stereocenters. The number of hydrazine groups is 1. The summed E-state index contributed by atoms with van der Waals surface area (Å²) in [5, 5.41) is 7.27. The molecule has 3 heterocycles. The number of carbonyl (C=O) groups excluding carboxylic acids is 1. The van der Waals surface area contributed by atoms with Gasteiger partial charge >= 0.3 is 0 Å². The molecule has 0 saturated carbocycles. The molecule has 3 N–H and O–H groups in total. The minimum atomic E-state index is -0.232. The van der Waals surface area contributed by atoms with Crippen molar-refractivity contribution in [2.45, 2.75) is 39.2 Å². The lowest BCUT2D eigenvalue weighted by molar-refractivity contribution is 0.0925. The van der Waals surface area contributed by atoms with E-state index >= 15 is 0 Å². The summed E-state index contributed by atoms with van der Waals surface area (Å²) in [6, 6.07) is 11.7. The smallest absolute Gasteiger partial charge is 0.273 e. The summed E-state index contributed by atoms with van der Waals surface area (Å²) in [5.74, 6) is 0.574. The lowest BCUT2D eigenvalue weighted by Crippen LogP contribution is -2.44. The first-order valence-electron chi connectivity index (χ1n) is 9.54. The van der Waals surface area contributed by atoms with E-state index in [-0.39, 0.29) is 24.8 Å². The van der Waals surface area contributed by atoms with Crippen LogP contribution in [-0.4, -0.2) is 26.8 Å². The van der Waals surface area contributed by atoms with Crippen molar-refractivity contribution in [3.8, 4) is 5.75 Å². The maximum atomic E-state index is 12.5. The molecule has 29 heavy (non-hydrogen) atoms. The fraction of sp³-hybridized carbons (Fsp3) is 0.286. The van der Waals surface area contributed by atoms with E-state index in [2.05, 4.69) is 32.3 Å². The lowest BCUT2D eigenvalue weighted by Gasteiger charge is -2.11. The van der Waals surface area contributed by atoms with E-state index < -0.39 is 0 Å². The van der Waals surface area contributed by atoms with Crippen LogP contribution in [-0.2, 0) is 6.73 Å². The number of ether oxygens (including phenoxy) is 1. The number of hydrogen-bond donors (Lipinski definition) is 3. The van der Waals surface area contributed by atoms with Gasteiger partial charge in [-0.05, 0) is 49.2 Å². The van der Waals surface area contributed by atoms with E-state index in [9.17, 15) is 4.79 Å². The number of rotatable bonds is 6. The SMILES string of the molecule is Cc1ccc(OCn2ccc(C(=O)NC3CC(c4ccncc4)NN3)n2)c(C)c1. The van der Waals surface area contributed by atoms with Crippen molar-refractivity contribution in [1.29, 1.82) is 0 Å². The zero-order valence-electron chi connectivity index (χ0n) is 16.4. The van der Waals surface area contributed by atoms with Crippen LogP contribution in [0.4, 0.5) is 0 Å². The molecule has 1 amide bonds. The zero-order chi connectivity index (χ0) is 20.2. The molecule has 150 valence electrons. The standard InChI is InChI=1S/C21H24N6O2/c1-14-3-4-19(15(2)11-14)29-13-27-10-7-17(26-27)21(28)23-20-12-18(24-25-20)16-5-8-22-9-6-16/h3-11,18,20,24-25H,12-13H2,1-2H3,(H,23,28). The molecule has 1 saturated heterocycles. The van der Waals surface area contributed by atoms with Crippen LogP contribution in [0.1, 0.15) is 39.6 Å². The third-order valence-corrected chi connectivity index (χ3v) is 4.87. The van der Waals surface area contributed by atoms with Crippen LogP contribution in [0.5, 0.6) is 5.75 Å². The zero-order valence-corrected chi connectivity index (χ0v) is 16.4. The molecule has 0 bridgehead atoms. The Balaban J connectivity index is 1.30. The second-order valence-corrected chi connectivity index (χ2v) is 7.17. The summed E-state index contributed by atoms with van der Waals surface area (Å²) < 4.78 is 7.41. The van der Waals surface area contributed by atoms with Crippen LogP contribution < -0.4 is 20.9 Å². The van der Waals surface area contributed by atoms with Crippen LogP contribution in [0.15, 0.2) is 55.0 Å². The minimum Gasteiger partial charge on any atom is -0.471 e. The highest BCUT2D eigenvalue weighted by atomic mass is 16.5. The second kappa shape index (κ2) is 8.42. The Bertz CT molecular complexity index is 988. The monoisotopic (exact) mass is 392 g/mol. The van der Waals surface area contributed by atoms with Gasteiger partial charge in [0.1, 0.15) is 11.4 Å². The van der Waals surface area contributed by atoms with Crippen molar-refractivity contribution in [3.63, 3.8) is 0 Å². The molecule has 1 aromatic carbocycles. The number of aryl methyl sites for hydroxylation is 2. The number of nitrogens with one attached hydrogen (secondary N) is 3. The van der Waals surface area contributed by atoms with Crippen molar-refractivity contribution >= 4 is 5.91 Å². The van der Waals surface area contributed by atoms with Gasteiger partial charge in [-0.3, -0.25) is 9.78 Å². The average Bonchev–Trinajstić information content (AvgIpc) is 3.38. The Hall–Kier alpha value is -3.23. The van der Waals surface area contributed by atoms with E-state index in [1.165, 1.54) is 5.56 Å². The third-order valence-electron chi connectivity index (χ3n) is 4.87. The molecular formula is C21H24N6O2. The molecule has 4 rings (SSSR count). The molecule has 0 spiro atoms. The number of nitrogens with zero attached hydrogens (tertiary/aromatic N) is 3. The van der Waals surface area contributed by atoms with E-state index in [1.54, 1.807) is 29.3 Å². The molecule has 0 radical (unpaired) electrons. The minimum absolute atomic E-state index is 0.118. The first-order chi connectivity index (χ1) is 14.1. The summed E-state index contributed by atoms with van der Waals surface area (Å²) in [5.41, 5.74) is 10.0. The Morgan fingerprint density at radius 3 is 2.83 bits per heavy atom. The largest absolute Gasteiger partial charge is 0.471 e. The number of aromatic nitrogens is 3. The van der Waals surface area contributed by atoms with E-state index in [4.69, 9.17) is 4.74 Å². The first-order valence-corrected chi connectivity index (χ1v) is 9.54. The molecular weight excluding hydrogens is 368 g/mol. The molecule has 2 aromatic heterocycles. The van der Waals surface area contributed by atoms with Crippen molar-refractivity contribution < 1.29 is 9.53 Å². The highest BCUT2D eigenvalue weighted by Gasteiger charge is 2.26. The van der Waals surface area contributed by atoms with Crippen molar-refractivity contribution in [3.05, 3.63) is 77.4 Å². The van der Waals surface area contributed by atoms with Crippen LogP contribution in [0, 0.1) is 13.8 Å². The molecule has 8 nitrogen and oxygen atoms in total. The normalized spacial score (nSPS) is 18.6. The summed E-state index contributed by atoms with van der Waals surface area (Å²) in [6.45, 7) is 4.29. The summed E-state index contributed by atoms with van der Waals surface area (Å²) in [6.07, 6.45) is 5.80. The maximum Gasteiger partial charge on any atom is 0.273 e. The fourth-order valence-electron chi connectivity index (χ4n) is 3.35.